The number of fused-ring (bicyclic) bond motifs is 2. The number of benzene rings is 2. The first kappa shape index (κ1) is 44.8. The number of rotatable bonds is 19. The number of carboxylic acid groups (broad SMARTS) is 2. The Kier molecular flexibility index (Phi) is 14.6. The summed E-state index contributed by atoms with van der Waals surface area (Å²) in [5.74, 6) is -8.14. The summed E-state index contributed by atoms with van der Waals surface area (Å²) in [4.78, 5) is 63.5. The van der Waals surface area contributed by atoms with Gasteiger partial charge in [0.05, 0.1) is 36.2 Å². The number of unbranched alkanes of at least 4 members (excludes halogenated alkanes) is 1. The molecule has 3 atom stereocenters. The first-order valence-corrected chi connectivity index (χ1v) is 17.6. The van der Waals surface area contributed by atoms with Crippen LogP contribution in [0.15, 0.2) is 36.5 Å². The highest BCUT2D eigenvalue weighted by Crippen LogP contribution is 2.35. The second-order valence-electron chi connectivity index (χ2n) is 13.7. The van der Waals surface area contributed by atoms with Crippen LogP contribution in [0.25, 0.3) is 0 Å². The number of carbonyl (C=O) groups is 5. The van der Waals surface area contributed by atoms with Crippen LogP contribution in [-0.4, -0.2) is 83.2 Å². The van der Waals surface area contributed by atoms with Crippen LogP contribution in [0.4, 0.5) is 26.3 Å². The standard InChI is InChI=1S/C35H39B2F6N3O11/c1-17(32(50)51)5-3-4-8-44-18(2)6-7-28(33(52)53)46-31(49)21(13-29(47)19-9-24(34(38,39)40)22-15-56-36(54)26(22)11-19)14-45-30(48)20-10-25(35(41,42)43)23-16-57-37(55)27(23)12-20/h9-12,17,21,28,44,54-55H,2-8,13-16H2,1H3,(H,45,48)(H,46,49)(H,50,51)(H,52,53)/t17-,21-,28-/m0/s1. The zero-order valence-corrected chi connectivity index (χ0v) is 30.4. The monoisotopic (exact) mass is 813 g/mol. The molecule has 2 amide bonds. The Hall–Kier alpha value is -4.92. The van der Waals surface area contributed by atoms with Crippen molar-refractivity contribution < 1.29 is 79.9 Å². The van der Waals surface area contributed by atoms with Crippen LogP contribution in [-0.2, 0) is 49.3 Å². The summed E-state index contributed by atoms with van der Waals surface area (Å²) in [6.07, 6.45) is -9.53. The second-order valence-corrected chi connectivity index (χ2v) is 13.7. The maximum absolute atomic E-state index is 14.0. The van der Waals surface area contributed by atoms with Gasteiger partial charge in [-0.2, -0.15) is 26.3 Å². The summed E-state index contributed by atoms with van der Waals surface area (Å²) >= 11 is 0. The molecule has 0 fully saturated rings. The van der Waals surface area contributed by atoms with E-state index in [1.165, 1.54) is 0 Å². The quantitative estimate of drug-likeness (QED) is 0.0470. The molecule has 4 rings (SSSR count). The fourth-order valence-electron chi connectivity index (χ4n) is 6.29. The molecule has 2 aromatic rings. The van der Waals surface area contributed by atoms with Crippen molar-refractivity contribution in [3.8, 4) is 0 Å². The van der Waals surface area contributed by atoms with Gasteiger partial charge in [-0.25, -0.2) is 4.79 Å². The fourth-order valence-corrected chi connectivity index (χ4v) is 6.29. The van der Waals surface area contributed by atoms with E-state index in [4.69, 9.17) is 14.4 Å². The topological polar surface area (TPSA) is 221 Å². The Morgan fingerprint density at radius 2 is 1.35 bits per heavy atom. The Labute approximate surface area is 322 Å². The molecule has 0 aromatic heterocycles. The van der Waals surface area contributed by atoms with Gasteiger partial charge in [0.2, 0.25) is 5.91 Å². The van der Waals surface area contributed by atoms with Gasteiger partial charge < -0.3 is 45.5 Å². The molecule has 308 valence electrons. The number of allylic oxidation sites excluding steroid dienone is 1. The zero-order chi connectivity index (χ0) is 42.4. The number of halogens is 6. The third-order valence-electron chi connectivity index (χ3n) is 9.59. The lowest BCUT2D eigenvalue weighted by molar-refractivity contribution is -0.142. The molecule has 57 heavy (non-hydrogen) atoms. The highest BCUT2D eigenvalue weighted by Gasteiger charge is 2.42. The summed E-state index contributed by atoms with van der Waals surface area (Å²) in [5, 5.41) is 46.5. The summed E-state index contributed by atoms with van der Waals surface area (Å²) in [6, 6.07) is 1.26. The average Bonchev–Trinajstić information content (AvgIpc) is 3.70. The molecule has 0 saturated heterocycles. The highest BCUT2D eigenvalue weighted by atomic mass is 19.4. The number of ketones is 1. The normalized spacial score (nSPS) is 15.3. The third kappa shape index (κ3) is 11.6. The fraction of sp³-hybridized carbons (Fsp3) is 0.457. The van der Waals surface area contributed by atoms with Crippen LogP contribution in [0, 0.1) is 11.8 Å². The molecule has 2 aliphatic rings. The molecule has 0 radical (unpaired) electrons. The van der Waals surface area contributed by atoms with Crippen molar-refractivity contribution in [3.05, 3.63) is 69.9 Å². The molecule has 14 nitrogen and oxygen atoms in total. The molecule has 0 spiro atoms. The van der Waals surface area contributed by atoms with Crippen molar-refractivity contribution >= 4 is 54.7 Å². The van der Waals surface area contributed by atoms with E-state index in [2.05, 4.69) is 22.5 Å². The van der Waals surface area contributed by atoms with Crippen molar-refractivity contribution in [2.45, 2.75) is 77.1 Å². The maximum atomic E-state index is 14.0. The lowest BCUT2D eigenvalue weighted by Gasteiger charge is -2.22. The molecule has 0 aliphatic carbocycles. The number of Topliss-reactive ketones (excluding diaryl/α,β-unsaturated/α-hetero) is 1. The predicted octanol–water partition coefficient (Wildman–Crippen LogP) is 2.12. The molecule has 0 bridgehead atoms. The third-order valence-corrected chi connectivity index (χ3v) is 9.59. The van der Waals surface area contributed by atoms with E-state index in [-0.39, 0.29) is 23.8 Å². The van der Waals surface area contributed by atoms with E-state index in [9.17, 15) is 65.5 Å². The van der Waals surface area contributed by atoms with E-state index < -0.39 is 134 Å². The number of hydrogen-bond acceptors (Lipinski definition) is 10. The summed E-state index contributed by atoms with van der Waals surface area (Å²) in [5.41, 5.74) is -4.90. The van der Waals surface area contributed by atoms with E-state index in [1.54, 1.807) is 6.92 Å². The van der Waals surface area contributed by atoms with Gasteiger partial charge >= 0.3 is 38.5 Å². The average molecular weight is 813 g/mol. The van der Waals surface area contributed by atoms with E-state index in [0.717, 1.165) is 12.1 Å². The number of carboxylic acids is 2. The van der Waals surface area contributed by atoms with Gasteiger partial charge in [0.1, 0.15) is 6.04 Å². The van der Waals surface area contributed by atoms with E-state index in [1.807, 2.05) is 0 Å². The Morgan fingerprint density at radius 3 is 1.88 bits per heavy atom. The van der Waals surface area contributed by atoms with Gasteiger partial charge in [-0.1, -0.05) is 26.0 Å². The van der Waals surface area contributed by atoms with Crippen molar-refractivity contribution in [3.63, 3.8) is 0 Å². The minimum Gasteiger partial charge on any atom is -0.481 e. The first-order valence-electron chi connectivity index (χ1n) is 17.6. The molecule has 0 saturated carbocycles. The molecule has 2 aliphatic heterocycles. The van der Waals surface area contributed by atoms with Crippen molar-refractivity contribution in [1.29, 1.82) is 0 Å². The lowest BCUT2D eigenvalue weighted by atomic mass is 9.76. The largest absolute Gasteiger partial charge is 0.491 e. The van der Waals surface area contributed by atoms with Crippen LogP contribution < -0.4 is 26.9 Å². The number of alkyl halides is 6. The van der Waals surface area contributed by atoms with Gasteiger partial charge in [0.15, 0.2) is 5.78 Å². The summed E-state index contributed by atoms with van der Waals surface area (Å²) < 4.78 is 93.2. The first-order chi connectivity index (χ1) is 26.6. The molecular weight excluding hydrogens is 774 g/mol. The Bertz CT molecular complexity index is 1900. The van der Waals surface area contributed by atoms with Gasteiger partial charge in [0.25, 0.3) is 5.91 Å². The number of hydrogen-bond donors (Lipinski definition) is 7. The number of amides is 2. The van der Waals surface area contributed by atoms with Crippen LogP contribution in [0.2, 0.25) is 0 Å². The van der Waals surface area contributed by atoms with Gasteiger partial charge in [-0.05, 0) is 65.9 Å². The van der Waals surface area contributed by atoms with Crippen LogP contribution in [0.3, 0.4) is 0 Å². The molecule has 0 unspecified atom stereocenters. The molecule has 22 heteroatoms. The Balaban J connectivity index is 1.53. The molecule has 2 heterocycles. The van der Waals surface area contributed by atoms with Gasteiger partial charge in [0, 0.05) is 36.3 Å². The van der Waals surface area contributed by atoms with Crippen molar-refractivity contribution in [1.82, 2.24) is 16.0 Å². The number of nitrogens with one attached hydrogen (secondary N) is 3. The van der Waals surface area contributed by atoms with Crippen molar-refractivity contribution in [2.24, 2.45) is 11.8 Å². The number of carbonyl (C=O) groups excluding carboxylic acids is 3. The lowest BCUT2D eigenvalue weighted by Crippen LogP contribution is -2.47. The highest BCUT2D eigenvalue weighted by molar-refractivity contribution is 6.62. The van der Waals surface area contributed by atoms with E-state index >= 15 is 0 Å². The van der Waals surface area contributed by atoms with Crippen LogP contribution in [0.1, 0.15) is 88.4 Å². The number of aliphatic carboxylic acids is 2. The van der Waals surface area contributed by atoms with Crippen LogP contribution >= 0.6 is 0 Å². The maximum Gasteiger partial charge on any atom is 0.491 e. The van der Waals surface area contributed by atoms with Crippen molar-refractivity contribution in [2.75, 3.05) is 13.1 Å². The molecule has 7 N–H and O–H groups in total. The Morgan fingerprint density at radius 1 is 0.807 bits per heavy atom. The molecular formula is C35H39B2F6N3O11. The predicted molar refractivity (Wildman–Crippen MR) is 189 cm³/mol. The SMILES string of the molecule is C=C(CC[C@H](NC(=O)[C@H](CNC(=O)c1cc2c(c(C(F)(F)F)c1)COB2O)CC(=O)c1cc2c(c(C(F)(F)F)c1)COB2O)C(=O)O)NCCCC[C@H](C)C(=O)O. The minimum absolute atomic E-state index is 0.0122. The second kappa shape index (κ2) is 18.6. The van der Waals surface area contributed by atoms with Gasteiger partial charge in [-0.3, -0.25) is 19.2 Å². The smallest absolute Gasteiger partial charge is 0.481 e. The van der Waals surface area contributed by atoms with Gasteiger partial charge in [-0.15, -0.1) is 0 Å². The van der Waals surface area contributed by atoms with Crippen LogP contribution in [0.5, 0.6) is 0 Å². The minimum atomic E-state index is -4.99. The van der Waals surface area contributed by atoms with E-state index in [0.29, 0.717) is 43.6 Å². The molecule has 2 aromatic carbocycles. The zero-order valence-electron chi connectivity index (χ0n) is 30.4. The summed E-state index contributed by atoms with van der Waals surface area (Å²) in [7, 11) is -3.58. The summed E-state index contributed by atoms with van der Waals surface area (Å²) in [6.45, 7) is 3.75.